The van der Waals surface area contributed by atoms with Gasteiger partial charge < -0.3 is 4.74 Å². The van der Waals surface area contributed by atoms with Crippen molar-refractivity contribution in [3.63, 3.8) is 0 Å². The highest BCUT2D eigenvalue weighted by Gasteiger charge is 2.22. The molecule has 1 aliphatic heterocycles. The first-order chi connectivity index (χ1) is 14.6. The Bertz CT molecular complexity index is 978. The molecule has 1 aromatic carbocycles. The maximum atomic E-state index is 13.2. The van der Waals surface area contributed by atoms with Crippen LogP contribution in [0.5, 0.6) is 0 Å². The fraction of sp³-hybridized carbons (Fsp3) is 0.391. The summed E-state index contributed by atoms with van der Waals surface area (Å²) in [7, 11) is 0. The summed E-state index contributed by atoms with van der Waals surface area (Å²) in [4.78, 5) is 23.1. The third-order valence-corrected chi connectivity index (χ3v) is 7.04. The normalized spacial score (nSPS) is 14.7. The first-order valence-electron chi connectivity index (χ1n) is 10.3. The van der Waals surface area contributed by atoms with Crippen molar-refractivity contribution in [3.05, 3.63) is 57.1 Å². The van der Waals surface area contributed by atoms with Crippen LogP contribution in [0.15, 0.2) is 41.1 Å². The summed E-state index contributed by atoms with van der Waals surface area (Å²) in [6, 6.07) is 10.2. The molecule has 0 spiro atoms. The Morgan fingerprint density at radius 1 is 1.20 bits per heavy atom. The molecule has 0 bridgehead atoms. The van der Waals surface area contributed by atoms with Crippen LogP contribution >= 0.6 is 22.7 Å². The van der Waals surface area contributed by atoms with Crippen LogP contribution in [0, 0.1) is 13.8 Å². The number of ether oxygens (including phenoxy) is 1. The first-order valence-corrected chi connectivity index (χ1v) is 12.1. The number of thiazole rings is 1. The molecule has 1 saturated heterocycles. The quantitative estimate of drug-likeness (QED) is 0.525. The number of carbonyl (C=O) groups is 1. The van der Waals surface area contributed by atoms with Gasteiger partial charge in [-0.3, -0.25) is 14.6 Å². The fourth-order valence-corrected chi connectivity index (χ4v) is 5.23. The molecule has 2 aromatic heterocycles. The number of benzene rings is 1. The molecule has 7 heteroatoms. The zero-order valence-electron chi connectivity index (χ0n) is 17.5. The van der Waals surface area contributed by atoms with Crippen molar-refractivity contribution in [1.29, 1.82) is 0 Å². The van der Waals surface area contributed by atoms with Crippen molar-refractivity contribution >= 4 is 33.7 Å². The van der Waals surface area contributed by atoms with E-state index in [1.807, 2.05) is 22.4 Å². The van der Waals surface area contributed by atoms with E-state index in [0.717, 1.165) is 60.5 Å². The molecule has 158 valence electrons. The third kappa shape index (κ3) is 4.98. The minimum atomic E-state index is 0.0357. The van der Waals surface area contributed by atoms with E-state index in [0.29, 0.717) is 6.54 Å². The number of thiophene rings is 1. The average Bonchev–Trinajstić information content (AvgIpc) is 3.44. The number of carbonyl (C=O) groups excluding carboxylic acids is 1. The molecule has 1 fully saturated rings. The molecule has 3 heterocycles. The van der Waals surface area contributed by atoms with Crippen molar-refractivity contribution < 1.29 is 9.53 Å². The number of amides is 1. The summed E-state index contributed by atoms with van der Waals surface area (Å²) in [6.45, 7) is 9.35. The number of hydrogen-bond acceptors (Lipinski definition) is 6. The lowest BCUT2D eigenvalue weighted by atomic mass is 10.0. The Morgan fingerprint density at radius 3 is 2.77 bits per heavy atom. The average molecular weight is 442 g/mol. The lowest BCUT2D eigenvalue weighted by molar-refractivity contribution is 0.0376. The number of aromatic nitrogens is 1. The van der Waals surface area contributed by atoms with Crippen LogP contribution in [0.25, 0.3) is 11.3 Å². The van der Waals surface area contributed by atoms with E-state index >= 15 is 0 Å². The Labute approximate surface area is 185 Å². The minimum absolute atomic E-state index is 0.0357. The number of nitrogens with zero attached hydrogens (tertiary/aromatic N) is 3. The van der Waals surface area contributed by atoms with Gasteiger partial charge in [0.25, 0.3) is 5.91 Å². The smallest absolute Gasteiger partial charge is 0.270 e. The Kier molecular flexibility index (Phi) is 6.94. The number of hydrogen-bond donors (Lipinski definition) is 0. The lowest BCUT2D eigenvalue weighted by Gasteiger charge is -2.27. The Morgan fingerprint density at radius 2 is 2.03 bits per heavy atom. The fourth-order valence-electron chi connectivity index (χ4n) is 3.71. The maximum absolute atomic E-state index is 13.2. The first kappa shape index (κ1) is 21.2. The number of aryl methyl sites for hydroxylation is 2. The molecular weight excluding hydrogens is 414 g/mol. The highest BCUT2D eigenvalue weighted by atomic mass is 32.1. The number of morpholine rings is 1. The Hall–Kier alpha value is -2.06. The Balaban J connectivity index is 1.53. The van der Waals surface area contributed by atoms with E-state index < -0.39 is 0 Å². The predicted octanol–water partition coefficient (Wildman–Crippen LogP) is 4.86. The summed E-state index contributed by atoms with van der Waals surface area (Å²) in [5.41, 5.74) is 4.50. The molecule has 4 rings (SSSR count). The van der Waals surface area contributed by atoms with Gasteiger partial charge in [-0.25, -0.2) is 4.98 Å². The second-order valence-electron chi connectivity index (χ2n) is 7.58. The summed E-state index contributed by atoms with van der Waals surface area (Å²) in [5, 5.41) is 4.77. The standard InChI is InChI=1S/C23H27N3O2S2/c1-17-6-7-19(18(2)15-17)20-16-30-23(24-20)26(22(27)21-5-3-14-29-21)9-4-8-25-10-12-28-13-11-25/h3,5-7,14-16H,4,8-13H2,1-2H3. The van der Waals surface area contributed by atoms with E-state index in [-0.39, 0.29) is 5.91 Å². The second-order valence-corrected chi connectivity index (χ2v) is 9.36. The molecule has 5 nitrogen and oxygen atoms in total. The van der Waals surface area contributed by atoms with Gasteiger partial charge in [0.15, 0.2) is 5.13 Å². The SMILES string of the molecule is Cc1ccc(-c2csc(N(CCCN3CCOCC3)C(=O)c3cccs3)n2)c(C)c1. The van der Waals surface area contributed by atoms with Crippen LogP contribution < -0.4 is 4.90 Å². The summed E-state index contributed by atoms with van der Waals surface area (Å²) >= 11 is 3.02. The molecule has 0 radical (unpaired) electrons. The summed E-state index contributed by atoms with van der Waals surface area (Å²) in [5.74, 6) is 0.0357. The van der Waals surface area contributed by atoms with E-state index in [9.17, 15) is 4.79 Å². The number of rotatable bonds is 7. The van der Waals surface area contributed by atoms with Crippen LogP contribution in [-0.2, 0) is 4.74 Å². The molecule has 1 amide bonds. The van der Waals surface area contributed by atoms with Crippen molar-refractivity contribution in [2.75, 3.05) is 44.3 Å². The molecule has 0 N–H and O–H groups in total. The van der Waals surface area contributed by atoms with Crippen LogP contribution in [0.1, 0.15) is 27.2 Å². The van der Waals surface area contributed by atoms with Crippen molar-refractivity contribution in [2.24, 2.45) is 0 Å². The van der Waals surface area contributed by atoms with E-state index in [1.54, 1.807) is 11.3 Å². The van der Waals surface area contributed by atoms with Gasteiger partial charge in [-0.05, 0) is 37.3 Å². The van der Waals surface area contributed by atoms with Crippen molar-refractivity contribution in [2.45, 2.75) is 20.3 Å². The van der Waals surface area contributed by atoms with Gasteiger partial charge in [-0.1, -0.05) is 29.8 Å². The molecule has 0 atom stereocenters. The highest BCUT2D eigenvalue weighted by molar-refractivity contribution is 7.14. The molecule has 3 aromatic rings. The topological polar surface area (TPSA) is 45.7 Å². The van der Waals surface area contributed by atoms with Gasteiger partial charge in [-0.2, -0.15) is 0 Å². The highest BCUT2D eigenvalue weighted by Crippen LogP contribution is 2.31. The van der Waals surface area contributed by atoms with Gasteiger partial charge in [0.05, 0.1) is 23.8 Å². The minimum Gasteiger partial charge on any atom is -0.379 e. The van der Waals surface area contributed by atoms with Gasteiger partial charge in [0, 0.05) is 37.1 Å². The monoisotopic (exact) mass is 441 g/mol. The maximum Gasteiger partial charge on any atom is 0.270 e. The summed E-state index contributed by atoms with van der Waals surface area (Å²) in [6.07, 6.45) is 0.912. The van der Waals surface area contributed by atoms with Crippen LogP contribution in [-0.4, -0.2) is 55.2 Å². The van der Waals surface area contributed by atoms with E-state index in [2.05, 4.69) is 42.3 Å². The molecular formula is C23H27N3O2S2. The second kappa shape index (κ2) is 9.83. The molecule has 0 unspecified atom stereocenters. The lowest BCUT2D eigenvalue weighted by Crippen LogP contribution is -2.39. The van der Waals surface area contributed by atoms with Crippen LogP contribution in [0.4, 0.5) is 5.13 Å². The van der Waals surface area contributed by atoms with Gasteiger partial charge in [-0.15, -0.1) is 22.7 Å². The van der Waals surface area contributed by atoms with E-state index in [4.69, 9.17) is 9.72 Å². The zero-order valence-corrected chi connectivity index (χ0v) is 19.1. The van der Waals surface area contributed by atoms with Gasteiger partial charge in [0.1, 0.15) is 0 Å². The number of anilines is 1. The van der Waals surface area contributed by atoms with Gasteiger partial charge in [0.2, 0.25) is 0 Å². The van der Waals surface area contributed by atoms with E-state index in [1.165, 1.54) is 22.5 Å². The molecule has 1 aliphatic rings. The molecule has 0 aliphatic carbocycles. The zero-order chi connectivity index (χ0) is 20.9. The van der Waals surface area contributed by atoms with Crippen molar-refractivity contribution in [1.82, 2.24) is 9.88 Å². The molecule has 0 saturated carbocycles. The predicted molar refractivity (Wildman–Crippen MR) is 125 cm³/mol. The summed E-state index contributed by atoms with van der Waals surface area (Å²) < 4.78 is 5.43. The van der Waals surface area contributed by atoms with Crippen LogP contribution in [0.2, 0.25) is 0 Å². The van der Waals surface area contributed by atoms with Crippen molar-refractivity contribution in [3.8, 4) is 11.3 Å². The third-order valence-electron chi connectivity index (χ3n) is 5.32. The largest absolute Gasteiger partial charge is 0.379 e. The van der Waals surface area contributed by atoms with Crippen LogP contribution in [0.3, 0.4) is 0 Å². The molecule has 30 heavy (non-hydrogen) atoms. The van der Waals surface area contributed by atoms with Gasteiger partial charge >= 0.3 is 0 Å².